The van der Waals surface area contributed by atoms with E-state index in [9.17, 15) is 0 Å². The van der Waals surface area contributed by atoms with E-state index in [-0.39, 0.29) is 6.61 Å². The van der Waals surface area contributed by atoms with Gasteiger partial charge in [-0.05, 0) is 13.5 Å². The molecule has 0 aliphatic carbocycles. The van der Waals surface area contributed by atoms with Crippen molar-refractivity contribution >= 4 is 0 Å². The predicted octanol–water partition coefficient (Wildman–Crippen LogP) is -0.345. The van der Waals surface area contributed by atoms with Crippen LogP contribution < -0.4 is 5.32 Å². The maximum Gasteiger partial charge on any atom is 0.0701 e. The van der Waals surface area contributed by atoms with Crippen molar-refractivity contribution in [1.29, 1.82) is 0 Å². The van der Waals surface area contributed by atoms with E-state index >= 15 is 0 Å². The molecule has 0 spiro atoms. The Balaban J connectivity index is 2.86. The molecule has 0 aromatic carbocycles. The lowest BCUT2D eigenvalue weighted by molar-refractivity contribution is -0.00250. The third kappa shape index (κ3) is 15.8. The van der Waals surface area contributed by atoms with Crippen molar-refractivity contribution in [3.63, 3.8) is 0 Å². The third-order valence-electron chi connectivity index (χ3n) is 2.06. The number of likely N-dealkylation sites (N-methyl/N-ethyl adjacent to an activating group) is 1. The lowest BCUT2D eigenvalue weighted by Gasteiger charge is -2.07. The molecule has 6 nitrogen and oxygen atoms in total. The molecule has 0 aromatic heterocycles. The normalized spacial score (nSPS) is 11.0. The summed E-state index contributed by atoms with van der Waals surface area (Å²) in [6.07, 6.45) is 0.677. The van der Waals surface area contributed by atoms with Gasteiger partial charge in [0.05, 0.1) is 46.2 Å². The Bertz CT molecular complexity index is 132. The average molecular weight is 265 g/mol. The fraction of sp³-hybridized carbons (Fsp3) is 1.00. The number of hydrogen-bond donors (Lipinski definition) is 2. The Morgan fingerprint density at radius 2 is 1.17 bits per heavy atom. The molecule has 0 rings (SSSR count). The highest BCUT2D eigenvalue weighted by Gasteiger charge is 1.92. The molecule has 18 heavy (non-hydrogen) atoms. The Hall–Kier alpha value is -0.240. The van der Waals surface area contributed by atoms with E-state index in [1.807, 2.05) is 7.05 Å². The fourth-order valence-electron chi connectivity index (χ4n) is 1.10. The maximum atomic E-state index is 8.52. The molecule has 0 saturated heterocycles. The molecular weight excluding hydrogens is 238 g/mol. The highest BCUT2D eigenvalue weighted by molar-refractivity contribution is 4.37. The second-order valence-corrected chi connectivity index (χ2v) is 3.63. The molecule has 0 aromatic rings. The summed E-state index contributed by atoms with van der Waals surface area (Å²) in [5, 5.41) is 11.5. The Kier molecular flexibility index (Phi) is 16.5. The average Bonchev–Trinajstić information content (AvgIpc) is 2.39. The summed E-state index contributed by atoms with van der Waals surface area (Å²) in [4.78, 5) is 0. The Morgan fingerprint density at radius 1 is 0.722 bits per heavy atom. The minimum Gasteiger partial charge on any atom is -0.396 e. The van der Waals surface area contributed by atoms with Gasteiger partial charge in [0.15, 0.2) is 0 Å². The van der Waals surface area contributed by atoms with Gasteiger partial charge in [-0.25, -0.2) is 0 Å². The van der Waals surface area contributed by atoms with E-state index in [4.69, 9.17) is 24.1 Å². The zero-order valence-electron chi connectivity index (χ0n) is 11.4. The highest BCUT2D eigenvalue weighted by atomic mass is 16.6. The number of aliphatic hydroxyl groups is 1. The lowest BCUT2D eigenvalue weighted by atomic mass is 10.5. The summed E-state index contributed by atoms with van der Waals surface area (Å²) >= 11 is 0. The van der Waals surface area contributed by atoms with Gasteiger partial charge < -0.3 is 29.4 Å². The van der Waals surface area contributed by atoms with Crippen LogP contribution in [0.15, 0.2) is 0 Å². The topological polar surface area (TPSA) is 69.2 Å². The van der Waals surface area contributed by atoms with Crippen LogP contribution in [0.3, 0.4) is 0 Å². The predicted molar refractivity (Wildman–Crippen MR) is 68.9 cm³/mol. The van der Waals surface area contributed by atoms with Crippen molar-refractivity contribution in [3.05, 3.63) is 0 Å². The monoisotopic (exact) mass is 265 g/mol. The molecule has 0 amide bonds. The van der Waals surface area contributed by atoms with E-state index in [0.29, 0.717) is 59.3 Å². The summed E-state index contributed by atoms with van der Waals surface area (Å²) in [5.41, 5.74) is 0. The van der Waals surface area contributed by atoms with Crippen molar-refractivity contribution in [2.45, 2.75) is 6.42 Å². The molecule has 0 heterocycles. The van der Waals surface area contributed by atoms with Gasteiger partial charge in [-0.3, -0.25) is 0 Å². The van der Waals surface area contributed by atoms with E-state index in [1.54, 1.807) is 0 Å². The SMILES string of the molecule is CNCCOCCOCCOCCOCCCO. The van der Waals surface area contributed by atoms with Gasteiger partial charge in [0.2, 0.25) is 0 Å². The van der Waals surface area contributed by atoms with Gasteiger partial charge in [0.25, 0.3) is 0 Å². The summed E-state index contributed by atoms with van der Waals surface area (Å²) in [7, 11) is 1.89. The van der Waals surface area contributed by atoms with E-state index in [2.05, 4.69) is 5.32 Å². The highest BCUT2D eigenvalue weighted by Crippen LogP contribution is 1.84. The molecule has 0 saturated carbocycles. The van der Waals surface area contributed by atoms with Crippen LogP contribution in [-0.2, 0) is 18.9 Å². The zero-order chi connectivity index (χ0) is 13.3. The molecule has 2 N–H and O–H groups in total. The number of ether oxygens (including phenoxy) is 4. The second-order valence-electron chi connectivity index (χ2n) is 3.63. The van der Waals surface area contributed by atoms with Gasteiger partial charge in [0, 0.05) is 19.8 Å². The van der Waals surface area contributed by atoms with Crippen LogP contribution in [0.4, 0.5) is 0 Å². The van der Waals surface area contributed by atoms with Crippen molar-refractivity contribution < 1.29 is 24.1 Å². The minimum atomic E-state index is 0.172. The number of hydrogen-bond acceptors (Lipinski definition) is 6. The van der Waals surface area contributed by atoms with Crippen LogP contribution >= 0.6 is 0 Å². The first kappa shape index (κ1) is 17.8. The molecule has 0 fully saturated rings. The summed E-state index contributed by atoms with van der Waals surface area (Å²) < 4.78 is 21.1. The van der Waals surface area contributed by atoms with E-state index in [1.165, 1.54) is 0 Å². The van der Waals surface area contributed by atoms with Crippen LogP contribution in [0.25, 0.3) is 0 Å². The largest absolute Gasteiger partial charge is 0.396 e. The van der Waals surface area contributed by atoms with E-state index in [0.717, 1.165) is 6.54 Å². The van der Waals surface area contributed by atoms with Crippen molar-refractivity contribution in [2.75, 3.05) is 73.1 Å². The van der Waals surface area contributed by atoms with Crippen LogP contribution in [-0.4, -0.2) is 78.2 Å². The minimum absolute atomic E-state index is 0.172. The fourth-order valence-corrected chi connectivity index (χ4v) is 1.10. The van der Waals surface area contributed by atoms with Gasteiger partial charge in [-0.1, -0.05) is 0 Å². The van der Waals surface area contributed by atoms with Crippen LogP contribution in [0.5, 0.6) is 0 Å². The molecular formula is C12H27NO5. The second kappa shape index (κ2) is 16.8. The molecule has 110 valence electrons. The molecule has 0 radical (unpaired) electrons. The zero-order valence-corrected chi connectivity index (χ0v) is 11.4. The summed E-state index contributed by atoms with van der Waals surface area (Å²) in [6, 6.07) is 0. The number of aliphatic hydroxyl groups excluding tert-OH is 1. The Morgan fingerprint density at radius 3 is 1.61 bits per heavy atom. The molecule has 0 bridgehead atoms. The van der Waals surface area contributed by atoms with Gasteiger partial charge >= 0.3 is 0 Å². The molecule has 0 unspecified atom stereocenters. The standard InChI is InChI=1S/C12H27NO5/c1-13-3-6-16-8-10-18-12-11-17-9-7-15-5-2-4-14/h13-14H,2-12H2,1H3. The van der Waals surface area contributed by atoms with Gasteiger partial charge in [0.1, 0.15) is 0 Å². The van der Waals surface area contributed by atoms with Crippen molar-refractivity contribution in [1.82, 2.24) is 5.32 Å². The number of nitrogens with one attached hydrogen (secondary N) is 1. The number of rotatable bonds is 15. The third-order valence-corrected chi connectivity index (χ3v) is 2.06. The first-order chi connectivity index (χ1) is 8.91. The van der Waals surface area contributed by atoms with Crippen molar-refractivity contribution in [2.24, 2.45) is 0 Å². The van der Waals surface area contributed by atoms with Crippen LogP contribution in [0.2, 0.25) is 0 Å². The molecule has 0 aliphatic rings. The Labute approximate surface area is 110 Å². The maximum absolute atomic E-state index is 8.52. The van der Waals surface area contributed by atoms with E-state index < -0.39 is 0 Å². The first-order valence-electron chi connectivity index (χ1n) is 6.48. The van der Waals surface area contributed by atoms with Gasteiger partial charge in [-0.15, -0.1) is 0 Å². The summed E-state index contributed by atoms with van der Waals surface area (Å²) in [5.74, 6) is 0. The molecule has 0 aliphatic heterocycles. The lowest BCUT2D eigenvalue weighted by Crippen LogP contribution is -2.17. The quantitative estimate of drug-likeness (QED) is 0.395. The van der Waals surface area contributed by atoms with Crippen molar-refractivity contribution in [3.8, 4) is 0 Å². The molecule has 6 heteroatoms. The van der Waals surface area contributed by atoms with Crippen LogP contribution in [0.1, 0.15) is 6.42 Å². The molecule has 0 atom stereocenters. The summed E-state index contributed by atoms with van der Waals surface area (Å²) in [6.45, 7) is 5.81. The first-order valence-corrected chi connectivity index (χ1v) is 6.48. The van der Waals surface area contributed by atoms with Gasteiger partial charge in [-0.2, -0.15) is 0 Å². The smallest absolute Gasteiger partial charge is 0.0701 e. The van der Waals surface area contributed by atoms with Crippen LogP contribution in [0, 0.1) is 0 Å².